The predicted octanol–water partition coefficient (Wildman–Crippen LogP) is 4.05. The molecule has 3 heterocycles. The molecule has 1 aliphatic rings. The van der Waals surface area contributed by atoms with Crippen molar-refractivity contribution in [3.63, 3.8) is 0 Å². The zero-order chi connectivity index (χ0) is 20.4. The van der Waals surface area contributed by atoms with Gasteiger partial charge >= 0.3 is 6.03 Å². The first kappa shape index (κ1) is 19.2. The van der Waals surface area contributed by atoms with Crippen LogP contribution in [0.2, 0.25) is 0 Å². The summed E-state index contributed by atoms with van der Waals surface area (Å²) in [7, 11) is 1.83. The van der Waals surface area contributed by atoms with E-state index in [-0.39, 0.29) is 6.03 Å². The van der Waals surface area contributed by atoms with Gasteiger partial charge < -0.3 is 14.4 Å². The van der Waals surface area contributed by atoms with Crippen LogP contribution in [0, 0.1) is 0 Å². The number of fused-ring (bicyclic) bond motifs is 1. The summed E-state index contributed by atoms with van der Waals surface area (Å²) in [5.41, 5.74) is 5.51. The molecule has 0 spiro atoms. The van der Waals surface area contributed by atoms with E-state index in [2.05, 4.69) is 47.7 Å². The molecule has 3 aromatic rings. The van der Waals surface area contributed by atoms with Crippen molar-refractivity contribution in [2.24, 2.45) is 0 Å². The lowest BCUT2D eigenvalue weighted by atomic mass is 10.1. The van der Waals surface area contributed by atoms with Gasteiger partial charge in [0.2, 0.25) is 0 Å². The fourth-order valence-electron chi connectivity index (χ4n) is 3.86. The van der Waals surface area contributed by atoms with Crippen molar-refractivity contribution in [3.8, 4) is 0 Å². The van der Waals surface area contributed by atoms with E-state index < -0.39 is 0 Å². The molecule has 0 aliphatic carbocycles. The van der Waals surface area contributed by atoms with E-state index in [1.54, 1.807) is 4.90 Å². The molecule has 1 aromatic carbocycles. The maximum Gasteiger partial charge on any atom is 0.320 e. The molecule has 0 bridgehead atoms. The molecular weight excluding hydrogens is 362 g/mol. The van der Waals surface area contributed by atoms with Crippen LogP contribution in [-0.2, 0) is 19.5 Å². The van der Waals surface area contributed by atoms with Gasteiger partial charge in [-0.05, 0) is 48.8 Å². The molecule has 0 radical (unpaired) electrons. The number of likely N-dealkylation sites (N-methyl/N-ethyl adjacent to an activating group) is 1. The summed E-state index contributed by atoms with van der Waals surface area (Å²) in [6.45, 7) is 7.29. The van der Waals surface area contributed by atoms with Crippen LogP contribution in [0.5, 0.6) is 0 Å². The smallest absolute Gasteiger partial charge is 0.320 e. The molecule has 29 heavy (non-hydrogen) atoms. The van der Waals surface area contributed by atoms with Crippen LogP contribution in [0.25, 0.3) is 23.2 Å². The number of amides is 2. The summed E-state index contributed by atoms with van der Waals surface area (Å²) >= 11 is 0. The van der Waals surface area contributed by atoms with Crippen molar-refractivity contribution in [2.75, 3.05) is 20.1 Å². The fourth-order valence-corrected chi connectivity index (χ4v) is 3.86. The number of imidazole rings is 1. The lowest BCUT2D eigenvalue weighted by Crippen LogP contribution is -2.29. The van der Waals surface area contributed by atoms with Gasteiger partial charge in [0, 0.05) is 32.9 Å². The van der Waals surface area contributed by atoms with Gasteiger partial charge in [0.15, 0.2) is 0 Å². The average Bonchev–Trinajstić information content (AvgIpc) is 3.27. The second-order valence-electron chi connectivity index (χ2n) is 7.39. The Morgan fingerprint density at radius 2 is 1.97 bits per heavy atom. The van der Waals surface area contributed by atoms with Gasteiger partial charge in [0.1, 0.15) is 5.82 Å². The predicted molar refractivity (Wildman–Crippen MR) is 116 cm³/mol. The minimum atomic E-state index is 0.0701. The molecule has 0 saturated carbocycles. The minimum Gasteiger partial charge on any atom is -0.326 e. The summed E-state index contributed by atoms with van der Waals surface area (Å²) in [5, 5.41) is 0. The summed E-state index contributed by atoms with van der Waals surface area (Å²) < 4.78 is 2.27. The Kier molecular flexibility index (Phi) is 5.34. The number of aryl methyl sites for hydroxylation is 2. The average molecular weight is 390 g/mol. The molecule has 4 rings (SSSR count). The molecule has 6 heteroatoms. The molecule has 2 amide bonds. The van der Waals surface area contributed by atoms with E-state index in [4.69, 9.17) is 4.98 Å². The molecule has 2 aromatic heterocycles. The fraction of sp³-hybridized carbons (Fsp3) is 0.348. The van der Waals surface area contributed by atoms with Crippen molar-refractivity contribution in [2.45, 2.75) is 33.4 Å². The van der Waals surface area contributed by atoms with Crippen LogP contribution in [0.3, 0.4) is 0 Å². The number of benzene rings is 1. The van der Waals surface area contributed by atoms with E-state index in [9.17, 15) is 4.79 Å². The number of para-hydroxylation sites is 1. The van der Waals surface area contributed by atoms with E-state index in [0.717, 1.165) is 48.7 Å². The summed E-state index contributed by atoms with van der Waals surface area (Å²) in [5.74, 6) is 0.957. The second-order valence-corrected chi connectivity index (χ2v) is 7.39. The Morgan fingerprint density at radius 3 is 2.62 bits per heavy atom. The molecule has 0 N–H and O–H groups in total. The molecule has 0 atom stereocenters. The highest BCUT2D eigenvalue weighted by Gasteiger charge is 2.25. The Hall–Kier alpha value is -3.15. The van der Waals surface area contributed by atoms with Crippen molar-refractivity contribution < 1.29 is 4.79 Å². The van der Waals surface area contributed by atoms with Crippen molar-refractivity contribution in [1.82, 2.24) is 24.3 Å². The Balaban J connectivity index is 1.53. The van der Waals surface area contributed by atoms with E-state index in [0.29, 0.717) is 6.54 Å². The number of aromatic nitrogens is 3. The highest BCUT2D eigenvalue weighted by atomic mass is 16.2. The lowest BCUT2D eigenvalue weighted by molar-refractivity contribution is 0.196. The first-order valence-electron chi connectivity index (χ1n) is 10.2. The Morgan fingerprint density at radius 1 is 1.10 bits per heavy atom. The SMILES string of the molecule is CCc1cccc2nc(/C=C/c3ccc(CN4CCN(C)C4=O)nc3)n(CC)c12. The first-order chi connectivity index (χ1) is 14.1. The highest BCUT2D eigenvalue weighted by molar-refractivity contribution is 5.82. The van der Waals surface area contributed by atoms with E-state index in [1.807, 2.05) is 36.4 Å². The van der Waals surface area contributed by atoms with Crippen molar-refractivity contribution in [1.29, 1.82) is 0 Å². The summed E-state index contributed by atoms with van der Waals surface area (Å²) in [4.78, 5) is 24.9. The third-order valence-corrected chi connectivity index (χ3v) is 5.50. The number of hydrogen-bond acceptors (Lipinski definition) is 3. The van der Waals surface area contributed by atoms with Gasteiger partial charge in [-0.1, -0.05) is 25.1 Å². The van der Waals surface area contributed by atoms with Gasteiger partial charge in [-0.15, -0.1) is 0 Å². The first-order valence-corrected chi connectivity index (χ1v) is 10.2. The van der Waals surface area contributed by atoms with Gasteiger partial charge in [-0.3, -0.25) is 4.98 Å². The maximum atomic E-state index is 12.0. The normalized spacial score (nSPS) is 14.7. The number of nitrogens with zero attached hydrogens (tertiary/aromatic N) is 5. The molecular formula is C23H27N5O. The van der Waals surface area contributed by atoms with Crippen LogP contribution >= 0.6 is 0 Å². The van der Waals surface area contributed by atoms with Crippen LogP contribution in [0.15, 0.2) is 36.5 Å². The third kappa shape index (κ3) is 3.75. The van der Waals surface area contributed by atoms with E-state index >= 15 is 0 Å². The number of carbonyl (C=O) groups excluding carboxylic acids is 1. The van der Waals surface area contributed by atoms with Gasteiger partial charge in [-0.25, -0.2) is 9.78 Å². The summed E-state index contributed by atoms with van der Waals surface area (Å²) in [6.07, 6.45) is 6.95. The summed E-state index contributed by atoms with van der Waals surface area (Å²) in [6, 6.07) is 10.4. The zero-order valence-electron chi connectivity index (χ0n) is 17.3. The van der Waals surface area contributed by atoms with Gasteiger partial charge in [-0.2, -0.15) is 0 Å². The van der Waals surface area contributed by atoms with Crippen LogP contribution in [-0.4, -0.2) is 50.5 Å². The zero-order valence-corrected chi connectivity index (χ0v) is 17.3. The van der Waals surface area contributed by atoms with Crippen LogP contribution in [0.4, 0.5) is 4.79 Å². The Labute approximate surface area is 171 Å². The standard InChI is InChI=1S/C23H27N5O/c1-4-18-7-6-8-20-22(18)28(5-2)21(25-20)12-10-17-9-11-19(24-15-17)16-27-14-13-26(3)23(27)29/h6-12,15H,4-5,13-14,16H2,1-3H3/b12-10+. The number of rotatable bonds is 6. The van der Waals surface area contributed by atoms with Gasteiger partial charge in [0.05, 0.1) is 23.3 Å². The monoisotopic (exact) mass is 389 g/mol. The second kappa shape index (κ2) is 8.07. The highest BCUT2D eigenvalue weighted by Crippen LogP contribution is 2.22. The molecule has 6 nitrogen and oxygen atoms in total. The number of carbonyl (C=O) groups is 1. The largest absolute Gasteiger partial charge is 0.326 e. The topological polar surface area (TPSA) is 54.3 Å². The molecule has 0 unspecified atom stereocenters. The number of hydrogen-bond donors (Lipinski definition) is 0. The molecule has 1 fully saturated rings. The van der Waals surface area contributed by atoms with Crippen LogP contribution < -0.4 is 0 Å². The third-order valence-electron chi connectivity index (χ3n) is 5.50. The van der Waals surface area contributed by atoms with Gasteiger partial charge in [0.25, 0.3) is 0 Å². The minimum absolute atomic E-state index is 0.0701. The van der Waals surface area contributed by atoms with Crippen molar-refractivity contribution in [3.05, 3.63) is 59.2 Å². The quantitative estimate of drug-likeness (QED) is 0.639. The molecule has 1 aliphatic heterocycles. The van der Waals surface area contributed by atoms with E-state index in [1.165, 1.54) is 11.1 Å². The maximum absolute atomic E-state index is 12.0. The number of pyridine rings is 1. The number of urea groups is 1. The molecule has 150 valence electrons. The Bertz CT molecular complexity index is 1050. The lowest BCUT2D eigenvalue weighted by Gasteiger charge is -2.15. The van der Waals surface area contributed by atoms with Crippen molar-refractivity contribution >= 4 is 29.2 Å². The molecule has 1 saturated heterocycles. The van der Waals surface area contributed by atoms with Crippen LogP contribution in [0.1, 0.15) is 36.5 Å².